The van der Waals surface area contributed by atoms with E-state index in [9.17, 15) is 0 Å². The van der Waals surface area contributed by atoms with Crippen LogP contribution in [-0.2, 0) is 0 Å². The van der Waals surface area contributed by atoms with Gasteiger partial charge in [-0.05, 0) is 6.92 Å². The van der Waals surface area contributed by atoms with Crippen molar-refractivity contribution in [3.05, 3.63) is 0 Å². The minimum absolute atomic E-state index is 0. The molecule has 0 aromatic carbocycles. The summed E-state index contributed by atoms with van der Waals surface area (Å²) in [6.45, 7) is 1.93. The predicted octanol–water partition coefficient (Wildman–Crippen LogP) is -8.05. The maximum Gasteiger partial charge on any atom is 1.00 e. The number of rotatable bonds is 0. The Labute approximate surface area is 72.7 Å². The molecule has 0 aromatic rings. The summed E-state index contributed by atoms with van der Waals surface area (Å²) in [4.78, 5) is 0. The zero-order chi connectivity index (χ0) is 6.28. The second kappa shape index (κ2) is 23.2. The molecule has 0 saturated heterocycles. The van der Waals surface area contributed by atoms with E-state index in [1.54, 1.807) is 6.92 Å². The van der Waals surface area contributed by atoms with Gasteiger partial charge in [-0.25, -0.2) is 0 Å². The van der Waals surface area contributed by atoms with Crippen LogP contribution in [-0.4, -0.2) is 34.1 Å². The van der Waals surface area contributed by atoms with Gasteiger partial charge in [-0.3, -0.25) is 0 Å². The molecule has 4 N–H and O–H groups in total. The van der Waals surface area contributed by atoms with Crippen LogP contribution in [0, 0.1) is 0 Å². The minimum Gasteiger partial charge on any atom is -1.00 e. The van der Waals surface area contributed by atoms with Crippen molar-refractivity contribution in [1.82, 2.24) is 0 Å². The van der Waals surface area contributed by atoms with E-state index in [2.05, 4.69) is 0 Å². The van der Waals surface area contributed by atoms with Gasteiger partial charge in [0.2, 0.25) is 0 Å². The summed E-state index contributed by atoms with van der Waals surface area (Å²) in [5.74, 6) is 0. The van der Waals surface area contributed by atoms with Crippen molar-refractivity contribution in [2.24, 2.45) is 0 Å². The van der Waals surface area contributed by atoms with Gasteiger partial charge < -0.3 is 32.6 Å². The predicted molar refractivity (Wildman–Crippen MR) is 25.2 cm³/mol. The van der Waals surface area contributed by atoms with Crippen molar-refractivity contribution in [2.75, 3.05) is 6.61 Å². The van der Waals surface area contributed by atoms with Gasteiger partial charge >= 0.3 is 26.2 Å². The molecule has 0 radical (unpaired) electrons. The first-order valence-electron chi connectivity index (χ1n) is 1.80. The maximum absolute atomic E-state index is 7.57. The molecule has 0 aliphatic rings. The molecule has 0 atom stereocenters. The van der Waals surface area contributed by atoms with Crippen LogP contribution >= 0.6 is 0 Å². The molecule has 0 fully saturated rings. The van der Waals surface area contributed by atoms with Crippen molar-refractivity contribution in [3.8, 4) is 0 Å². The zero-order valence-corrected chi connectivity index (χ0v) is 6.21. The van der Waals surface area contributed by atoms with Crippen LogP contribution in [0.25, 0.3) is 0 Å². The van der Waals surface area contributed by atoms with Crippen LogP contribution in [0.15, 0.2) is 0 Å². The average molecular weight is 150 g/mol. The molecule has 9 heavy (non-hydrogen) atoms. The largest absolute Gasteiger partial charge is 1.00 e. The Morgan fingerprint density at radius 3 is 1.22 bits per heavy atom. The summed E-state index contributed by atoms with van der Waals surface area (Å²) >= 11 is 0. The Morgan fingerprint density at radius 1 is 1.22 bits per heavy atom. The van der Waals surface area contributed by atoms with Gasteiger partial charge in [0.25, 0.3) is 0 Å². The monoisotopic (exact) mass is 150 g/mol. The van der Waals surface area contributed by atoms with E-state index in [1.165, 1.54) is 0 Å². The number of aliphatic hydroxyl groups excluding tert-OH is 1. The van der Waals surface area contributed by atoms with Crippen molar-refractivity contribution < 1.29 is 51.4 Å². The summed E-state index contributed by atoms with van der Waals surface area (Å²) in [6, 6.07) is 0. The van der Waals surface area contributed by atoms with Gasteiger partial charge in [-0.2, -0.15) is 0 Å². The standard InChI is InChI=1S/C2H6O.BH3O3.ClH.Li/c1-2-3;2-1(3)4;;/h3H,2H2,1H3;2-4H;1H;/q;;;+1/p-1. The van der Waals surface area contributed by atoms with Crippen LogP contribution in [0.5, 0.6) is 0 Å². The summed E-state index contributed by atoms with van der Waals surface area (Å²) < 4.78 is 0. The Bertz CT molecular complexity index is 29.8. The Hall–Kier alpha value is 0.792. The van der Waals surface area contributed by atoms with E-state index in [1.807, 2.05) is 0 Å². The number of aliphatic hydroxyl groups is 1. The van der Waals surface area contributed by atoms with Gasteiger partial charge in [-0.1, -0.05) is 0 Å². The SMILES string of the molecule is CCO.OB(O)O.[Cl-].[Li+]. The van der Waals surface area contributed by atoms with Gasteiger partial charge in [0, 0.05) is 6.61 Å². The molecule has 0 heterocycles. The molecular weight excluding hydrogens is 141 g/mol. The minimum atomic E-state index is -2.17. The molecule has 0 saturated carbocycles. The molecule has 0 rings (SSSR count). The molecule has 0 bridgehead atoms. The van der Waals surface area contributed by atoms with Crippen molar-refractivity contribution in [2.45, 2.75) is 6.92 Å². The molecule has 0 aliphatic heterocycles. The van der Waals surface area contributed by atoms with Crippen molar-refractivity contribution in [1.29, 1.82) is 0 Å². The first kappa shape index (κ1) is 22.6. The molecule has 0 aliphatic carbocycles. The van der Waals surface area contributed by atoms with Crippen molar-refractivity contribution >= 4 is 7.32 Å². The van der Waals surface area contributed by atoms with Crippen LogP contribution in [0.2, 0.25) is 0 Å². The maximum atomic E-state index is 7.57. The van der Waals surface area contributed by atoms with E-state index < -0.39 is 7.32 Å². The van der Waals surface area contributed by atoms with Crippen LogP contribution in [0.1, 0.15) is 6.92 Å². The van der Waals surface area contributed by atoms with Gasteiger partial charge in [0.1, 0.15) is 0 Å². The van der Waals surface area contributed by atoms with E-state index in [0.29, 0.717) is 0 Å². The average Bonchev–Trinajstić information content (AvgIpc) is 1.33. The third kappa shape index (κ3) is 646. The quantitative estimate of drug-likeness (QED) is 0.259. The molecule has 0 amide bonds. The Kier molecular flexibility index (Phi) is 58.3. The van der Waals surface area contributed by atoms with Gasteiger partial charge in [0.15, 0.2) is 0 Å². The summed E-state index contributed by atoms with van der Waals surface area (Å²) in [5, 5.41) is 29.1. The Morgan fingerprint density at radius 2 is 1.22 bits per heavy atom. The van der Waals surface area contributed by atoms with E-state index in [4.69, 9.17) is 20.2 Å². The normalized spacial score (nSPS) is 5.00. The summed E-state index contributed by atoms with van der Waals surface area (Å²) in [5.41, 5.74) is 0. The fraction of sp³-hybridized carbons (Fsp3) is 1.00. The molecule has 0 aromatic heterocycles. The van der Waals surface area contributed by atoms with E-state index in [0.717, 1.165) is 0 Å². The van der Waals surface area contributed by atoms with Crippen LogP contribution in [0.4, 0.5) is 0 Å². The summed E-state index contributed by atoms with van der Waals surface area (Å²) in [6.07, 6.45) is 0. The third-order valence-corrected chi connectivity index (χ3v) is 0. The second-order valence-electron chi connectivity index (χ2n) is 0.663. The van der Waals surface area contributed by atoms with E-state index >= 15 is 0 Å². The fourth-order valence-corrected chi connectivity index (χ4v) is 0. The topological polar surface area (TPSA) is 80.9 Å². The smallest absolute Gasteiger partial charge is 1.00 e. The molecule has 7 heteroatoms. The second-order valence-corrected chi connectivity index (χ2v) is 0.663. The van der Waals surface area contributed by atoms with Crippen LogP contribution < -0.4 is 31.3 Å². The first-order chi connectivity index (χ1) is 3.15. The third-order valence-electron chi connectivity index (χ3n) is 0. The summed E-state index contributed by atoms with van der Waals surface area (Å²) in [7, 11) is -2.17. The number of halogens is 1. The number of hydrogen-bond acceptors (Lipinski definition) is 4. The van der Waals surface area contributed by atoms with E-state index in [-0.39, 0.29) is 37.9 Å². The molecule has 4 nitrogen and oxygen atoms in total. The fourth-order valence-electron chi connectivity index (χ4n) is 0. The van der Waals surface area contributed by atoms with Crippen LogP contribution in [0.3, 0.4) is 0 Å². The number of hydrogen-bond donors (Lipinski definition) is 4. The Balaban J connectivity index is -0.0000000233. The zero-order valence-electron chi connectivity index (χ0n) is 5.45. The van der Waals surface area contributed by atoms with Gasteiger partial charge in [-0.15, -0.1) is 0 Å². The molecule has 52 valence electrons. The first-order valence-corrected chi connectivity index (χ1v) is 1.80. The molecular formula is C2H9BClLiO4. The molecule has 0 unspecified atom stereocenters. The molecule has 0 spiro atoms. The van der Waals surface area contributed by atoms with Gasteiger partial charge in [0.05, 0.1) is 0 Å². The van der Waals surface area contributed by atoms with Crippen molar-refractivity contribution in [3.63, 3.8) is 0 Å².